The molecule has 5 nitrogen and oxygen atoms in total. The Morgan fingerprint density at radius 3 is 2.64 bits per heavy atom. The Labute approximate surface area is 144 Å². The maximum Gasteiger partial charge on any atom is 0.270 e. The van der Waals surface area contributed by atoms with Crippen molar-refractivity contribution in [3.05, 3.63) is 94.9 Å². The molecule has 2 aromatic heterocycles. The van der Waals surface area contributed by atoms with Crippen LogP contribution in [0.4, 0.5) is 5.69 Å². The second-order valence-electron chi connectivity index (χ2n) is 5.88. The van der Waals surface area contributed by atoms with E-state index in [-0.39, 0.29) is 10.6 Å². The topological polar surface area (TPSA) is 61.0 Å². The molecule has 4 aromatic rings. The molecular formula is C20H15N3O2. The zero-order chi connectivity index (χ0) is 17.2. The first-order valence-electron chi connectivity index (χ1n) is 7.94. The third kappa shape index (κ3) is 2.99. The number of non-ortho nitro benzene ring substituents is 1. The van der Waals surface area contributed by atoms with Gasteiger partial charge in [-0.15, -0.1) is 0 Å². The average molecular weight is 329 g/mol. The van der Waals surface area contributed by atoms with Gasteiger partial charge in [-0.05, 0) is 41.5 Å². The first kappa shape index (κ1) is 15.1. The van der Waals surface area contributed by atoms with E-state index in [4.69, 9.17) is 0 Å². The van der Waals surface area contributed by atoms with Crippen molar-refractivity contribution < 1.29 is 4.92 Å². The van der Waals surface area contributed by atoms with Gasteiger partial charge in [0.25, 0.3) is 5.69 Å². The lowest BCUT2D eigenvalue weighted by Crippen LogP contribution is -1.98. The third-order valence-corrected chi connectivity index (χ3v) is 4.16. The van der Waals surface area contributed by atoms with Crippen LogP contribution >= 0.6 is 0 Å². The van der Waals surface area contributed by atoms with Gasteiger partial charge in [-0.1, -0.05) is 18.2 Å². The zero-order valence-corrected chi connectivity index (χ0v) is 13.4. The molecule has 5 heteroatoms. The molecule has 0 unspecified atom stereocenters. The van der Waals surface area contributed by atoms with Gasteiger partial charge in [-0.3, -0.25) is 15.1 Å². The normalized spacial score (nSPS) is 10.9. The Morgan fingerprint density at radius 2 is 1.84 bits per heavy atom. The highest BCUT2D eigenvalue weighted by Gasteiger charge is 2.12. The van der Waals surface area contributed by atoms with Crippen LogP contribution in [0.2, 0.25) is 0 Å². The first-order chi connectivity index (χ1) is 12.2. The van der Waals surface area contributed by atoms with Crippen molar-refractivity contribution in [1.82, 2.24) is 9.55 Å². The van der Waals surface area contributed by atoms with Crippen LogP contribution in [-0.2, 0) is 6.54 Å². The lowest BCUT2D eigenvalue weighted by Gasteiger charge is -2.11. The molecule has 0 amide bonds. The van der Waals surface area contributed by atoms with Crippen LogP contribution in [0, 0.1) is 10.1 Å². The molecule has 0 spiro atoms. The van der Waals surface area contributed by atoms with Crippen LogP contribution in [-0.4, -0.2) is 14.5 Å². The third-order valence-electron chi connectivity index (χ3n) is 4.16. The van der Waals surface area contributed by atoms with Gasteiger partial charge in [0.15, 0.2) is 0 Å². The highest BCUT2D eigenvalue weighted by atomic mass is 16.6. The maximum absolute atomic E-state index is 11.1. The summed E-state index contributed by atoms with van der Waals surface area (Å²) < 4.78 is 2.09. The minimum absolute atomic E-state index is 0.0809. The van der Waals surface area contributed by atoms with Gasteiger partial charge in [0.2, 0.25) is 0 Å². The largest absolute Gasteiger partial charge is 0.350 e. The van der Waals surface area contributed by atoms with Crippen LogP contribution in [0.15, 0.2) is 79.3 Å². The highest BCUT2D eigenvalue weighted by Crippen LogP contribution is 2.31. The standard InChI is InChI=1S/C20H15N3O2/c24-23(25)18-7-3-5-16(13-18)19-12-15(14-22-9-1-2-10-22)11-17-6-4-8-21-20(17)19/h1-13H,14H2. The van der Waals surface area contributed by atoms with Gasteiger partial charge >= 0.3 is 0 Å². The van der Waals surface area contributed by atoms with E-state index >= 15 is 0 Å². The average Bonchev–Trinajstić information content (AvgIpc) is 3.14. The van der Waals surface area contributed by atoms with E-state index in [0.717, 1.165) is 34.1 Å². The van der Waals surface area contributed by atoms with Gasteiger partial charge in [-0.2, -0.15) is 0 Å². The van der Waals surface area contributed by atoms with E-state index in [2.05, 4.69) is 21.7 Å². The van der Waals surface area contributed by atoms with Gasteiger partial charge in [0.05, 0.1) is 10.4 Å². The summed E-state index contributed by atoms with van der Waals surface area (Å²) in [5.41, 5.74) is 3.76. The van der Waals surface area contributed by atoms with E-state index in [0.29, 0.717) is 0 Å². The SMILES string of the molecule is O=[N+]([O-])c1cccc(-c2cc(Cn3cccc3)cc3cccnc23)c1. The Bertz CT molecular complexity index is 1060. The number of hydrogen-bond acceptors (Lipinski definition) is 3. The van der Waals surface area contributed by atoms with Gasteiger partial charge in [0, 0.05) is 48.2 Å². The monoisotopic (exact) mass is 329 g/mol. The summed E-state index contributed by atoms with van der Waals surface area (Å²) in [6.45, 7) is 0.736. The number of fused-ring (bicyclic) bond motifs is 1. The predicted octanol–water partition coefficient (Wildman–Crippen LogP) is 4.66. The van der Waals surface area contributed by atoms with Gasteiger partial charge in [0.1, 0.15) is 0 Å². The molecule has 0 aliphatic heterocycles. The maximum atomic E-state index is 11.1. The second-order valence-corrected chi connectivity index (χ2v) is 5.88. The van der Waals surface area contributed by atoms with Crippen molar-refractivity contribution in [3.8, 4) is 11.1 Å². The van der Waals surface area contributed by atoms with E-state index < -0.39 is 0 Å². The minimum Gasteiger partial charge on any atom is -0.350 e. The lowest BCUT2D eigenvalue weighted by molar-refractivity contribution is -0.384. The van der Waals surface area contributed by atoms with Crippen molar-refractivity contribution in [1.29, 1.82) is 0 Å². The Hall–Kier alpha value is -3.47. The molecule has 0 aliphatic carbocycles. The van der Waals surface area contributed by atoms with Crippen molar-refractivity contribution in [2.75, 3.05) is 0 Å². The number of nitro benzene ring substituents is 1. The van der Waals surface area contributed by atoms with E-state index in [1.807, 2.05) is 42.7 Å². The molecule has 4 rings (SSSR count). The number of hydrogen-bond donors (Lipinski definition) is 0. The Balaban J connectivity index is 1.89. The van der Waals surface area contributed by atoms with Crippen molar-refractivity contribution >= 4 is 16.6 Å². The molecule has 2 heterocycles. The number of benzene rings is 2. The quantitative estimate of drug-likeness (QED) is 0.404. The van der Waals surface area contributed by atoms with Gasteiger partial charge in [-0.25, -0.2) is 0 Å². The fourth-order valence-corrected chi connectivity index (χ4v) is 3.04. The zero-order valence-electron chi connectivity index (χ0n) is 13.4. The summed E-state index contributed by atoms with van der Waals surface area (Å²) in [5.74, 6) is 0. The highest BCUT2D eigenvalue weighted by molar-refractivity contribution is 5.94. The minimum atomic E-state index is -0.372. The molecule has 25 heavy (non-hydrogen) atoms. The molecule has 122 valence electrons. The van der Waals surface area contributed by atoms with Crippen LogP contribution in [0.25, 0.3) is 22.0 Å². The molecule has 0 bridgehead atoms. The summed E-state index contributed by atoms with van der Waals surface area (Å²) in [4.78, 5) is 15.2. The number of nitrogens with zero attached hydrogens (tertiary/aromatic N) is 3. The molecule has 0 N–H and O–H groups in total. The molecule has 0 atom stereocenters. The van der Waals surface area contributed by atoms with Gasteiger partial charge < -0.3 is 4.57 Å². The van der Waals surface area contributed by atoms with E-state index in [9.17, 15) is 10.1 Å². The fourth-order valence-electron chi connectivity index (χ4n) is 3.04. The van der Waals surface area contributed by atoms with Crippen molar-refractivity contribution in [2.45, 2.75) is 6.54 Å². The van der Waals surface area contributed by atoms with E-state index in [1.165, 1.54) is 6.07 Å². The molecule has 0 saturated carbocycles. The van der Waals surface area contributed by atoms with Crippen molar-refractivity contribution in [3.63, 3.8) is 0 Å². The van der Waals surface area contributed by atoms with Crippen LogP contribution < -0.4 is 0 Å². The molecule has 0 aliphatic rings. The fraction of sp³-hybridized carbons (Fsp3) is 0.0500. The van der Waals surface area contributed by atoms with Crippen molar-refractivity contribution in [2.24, 2.45) is 0 Å². The predicted molar refractivity (Wildman–Crippen MR) is 97.4 cm³/mol. The lowest BCUT2D eigenvalue weighted by atomic mass is 9.98. The number of rotatable bonds is 4. The molecular weight excluding hydrogens is 314 g/mol. The van der Waals surface area contributed by atoms with Crippen LogP contribution in [0.3, 0.4) is 0 Å². The summed E-state index contributed by atoms with van der Waals surface area (Å²) in [6, 6.07) is 18.8. The smallest absolute Gasteiger partial charge is 0.270 e. The Morgan fingerprint density at radius 1 is 1.00 bits per heavy atom. The van der Waals surface area contributed by atoms with Crippen LogP contribution in [0.1, 0.15) is 5.56 Å². The molecule has 0 radical (unpaired) electrons. The summed E-state index contributed by atoms with van der Waals surface area (Å²) >= 11 is 0. The molecule has 2 aromatic carbocycles. The second kappa shape index (κ2) is 6.20. The van der Waals surface area contributed by atoms with E-state index in [1.54, 1.807) is 18.3 Å². The number of aromatic nitrogens is 2. The summed E-state index contributed by atoms with van der Waals surface area (Å²) in [6.07, 6.45) is 5.77. The molecule has 0 fully saturated rings. The molecule has 0 saturated heterocycles. The Kier molecular flexibility index (Phi) is 3.74. The number of nitro groups is 1. The number of pyridine rings is 1. The van der Waals surface area contributed by atoms with Crippen LogP contribution in [0.5, 0.6) is 0 Å². The first-order valence-corrected chi connectivity index (χ1v) is 7.94. The summed E-state index contributed by atoms with van der Waals surface area (Å²) in [5, 5.41) is 12.1. The summed E-state index contributed by atoms with van der Waals surface area (Å²) in [7, 11) is 0.